The fourth-order valence-electron chi connectivity index (χ4n) is 2.31. The first-order valence-electron chi connectivity index (χ1n) is 8.49. The fraction of sp³-hybridized carbons (Fsp3) is 0.300. The summed E-state index contributed by atoms with van der Waals surface area (Å²) in [6.07, 6.45) is 2.51. The first kappa shape index (κ1) is 20.1. The number of hydrogen-bond donors (Lipinski definition) is 1. The minimum atomic E-state index is -0.395. The summed E-state index contributed by atoms with van der Waals surface area (Å²) in [5.74, 6) is 1.62. The summed E-state index contributed by atoms with van der Waals surface area (Å²) >= 11 is 0. The third-order valence-corrected chi connectivity index (χ3v) is 3.66. The molecule has 0 saturated heterocycles. The zero-order chi connectivity index (χ0) is 19.6. The normalized spacial score (nSPS) is 10.5. The SMILES string of the molecule is CCCOc1ccc(C=NNC(=O)c2cc(OC)c(OC)c(OC)c2)cc1. The maximum absolute atomic E-state index is 12.3. The molecule has 1 N–H and O–H groups in total. The predicted molar refractivity (Wildman–Crippen MR) is 103 cm³/mol. The molecule has 0 spiro atoms. The Morgan fingerprint density at radius 1 is 1.04 bits per heavy atom. The van der Waals surface area contributed by atoms with E-state index in [0.717, 1.165) is 17.7 Å². The molecule has 0 heterocycles. The second-order valence-electron chi connectivity index (χ2n) is 5.53. The third-order valence-electron chi connectivity index (χ3n) is 3.66. The van der Waals surface area contributed by atoms with Gasteiger partial charge in [-0.15, -0.1) is 0 Å². The van der Waals surface area contributed by atoms with Gasteiger partial charge in [0.1, 0.15) is 5.75 Å². The molecule has 0 bridgehead atoms. The average Bonchev–Trinajstić information content (AvgIpc) is 2.71. The number of hydrazone groups is 1. The lowest BCUT2D eigenvalue weighted by molar-refractivity contribution is 0.0954. The fourth-order valence-corrected chi connectivity index (χ4v) is 2.31. The van der Waals surface area contributed by atoms with Crippen LogP contribution in [-0.2, 0) is 0 Å². The monoisotopic (exact) mass is 372 g/mol. The molecular weight excluding hydrogens is 348 g/mol. The second kappa shape index (κ2) is 10.1. The summed E-state index contributed by atoms with van der Waals surface area (Å²) in [4.78, 5) is 12.3. The Bertz CT molecular complexity index is 762. The summed E-state index contributed by atoms with van der Waals surface area (Å²) in [5.41, 5.74) is 3.66. The van der Waals surface area contributed by atoms with Crippen molar-refractivity contribution in [1.29, 1.82) is 0 Å². The zero-order valence-electron chi connectivity index (χ0n) is 15.9. The van der Waals surface area contributed by atoms with Crippen molar-refractivity contribution >= 4 is 12.1 Å². The topological polar surface area (TPSA) is 78.4 Å². The average molecular weight is 372 g/mol. The quantitative estimate of drug-likeness (QED) is 0.540. The number of hydrogen-bond acceptors (Lipinski definition) is 6. The van der Waals surface area contributed by atoms with E-state index in [0.29, 0.717) is 29.4 Å². The van der Waals surface area contributed by atoms with Gasteiger partial charge in [0.2, 0.25) is 5.75 Å². The number of amides is 1. The number of rotatable bonds is 9. The summed E-state index contributed by atoms with van der Waals surface area (Å²) in [6, 6.07) is 10.6. The maximum atomic E-state index is 12.3. The van der Waals surface area contributed by atoms with E-state index in [-0.39, 0.29) is 0 Å². The number of carbonyl (C=O) groups excluding carboxylic acids is 1. The van der Waals surface area contributed by atoms with E-state index < -0.39 is 5.91 Å². The molecule has 0 aromatic heterocycles. The van der Waals surface area contributed by atoms with E-state index in [9.17, 15) is 4.79 Å². The Labute approximate surface area is 158 Å². The molecule has 0 aliphatic rings. The maximum Gasteiger partial charge on any atom is 0.271 e. The van der Waals surface area contributed by atoms with Crippen LogP contribution in [0.25, 0.3) is 0 Å². The molecule has 0 aliphatic carbocycles. The molecule has 7 nitrogen and oxygen atoms in total. The van der Waals surface area contributed by atoms with E-state index >= 15 is 0 Å². The van der Waals surface area contributed by atoms with Crippen LogP contribution in [0.3, 0.4) is 0 Å². The standard InChI is InChI=1S/C20H24N2O5/c1-5-10-27-16-8-6-14(7-9-16)13-21-22-20(23)15-11-17(24-2)19(26-4)18(12-15)25-3/h6-9,11-13H,5,10H2,1-4H3,(H,22,23). The minimum absolute atomic E-state index is 0.338. The lowest BCUT2D eigenvalue weighted by Crippen LogP contribution is -2.18. The minimum Gasteiger partial charge on any atom is -0.494 e. The van der Waals surface area contributed by atoms with Crippen molar-refractivity contribution in [3.8, 4) is 23.0 Å². The molecule has 2 aromatic rings. The molecule has 0 atom stereocenters. The lowest BCUT2D eigenvalue weighted by Gasteiger charge is -2.13. The van der Waals surface area contributed by atoms with Gasteiger partial charge in [-0.3, -0.25) is 4.79 Å². The largest absolute Gasteiger partial charge is 0.494 e. The highest BCUT2D eigenvalue weighted by molar-refractivity contribution is 5.96. The second-order valence-corrected chi connectivity index (χ2v) is 5.53. The lowest BCUT2D eigenvalue weighted by atomic mass is 10.1. The van der Waals surface area contributed by atoms with Crippen LogP contribution in [-0.4, -0.2) is 40.1 Å². The predicted octanol–water partition coefficient (Wildman–Crippen LogP) is 3.27. The highest BCUT2D eigenvalue weighted by Crippen LogP contribution is 2.38. The highest BCUT2D eigenvalue weighted by Gasteiger charge is 2.16. The van der Waals surface area contributed by atoms with Crippen molar-refractivity contribution in [3.05, 3.63) is 47.5 Å². The van der Waals surface area contributed by atoms with Crippen LogP contribution in [0, 0.1) is 0 Å². The van der Waals surface area contributed by atoms with Crippen LogP contribution in [0.1, 0.15) is 29.3 Å². The summed E-state index contributed by atoms with van der Waals surface area (Å²) < 4.78 is 21.3. The van der Waals surface area contributed by atoms with E-state index in [1.807, 2.05) is 24.3 Å². The smallest absolute Gasteiger partial charge is 0.271 e. The molecule has 2 aromatic carbocycles. The summed E-state index contributed by atoms with van der Waals surface area (Å²) in [6.45, 7) is 2.73. The van der Waals surface area contributed by atoms with Gasteiger partial charge in [0.25, 0.3) is 5.91 Å². The first-order chi connectivity index (χ1) is 13.1. The van der Waals surface area contributed by atoms with Crippen LogP contribution < -0.4 is 24.4 Å². The van der Waals surface area contributed by atoms with Crippen LogP contribution >= 0.6 is 0 Å². The van der Waals surface area contributed by atoms with Gasteiger partial charge in [-0.25, -0.2) is 5.43 Å². The number of nitrogens with zero attached hydrogens (tertiary/aromatic N) is 1. The van der Waals surface area contributed by atoms with Gasteiger partial charge in [0, 0.05) is 5.56 Å². The highest BCUT2D eigenvalue weighted by atomic mass is 16.5. The van der Waals surface area contributed by atoms with Crippen molar-refractivity contribution in [2.45, 2.75) is 13.3 Å². The van der Waals surface area contributed by atoms with Crippen molar-refractivity contribution in [2.24, 2.45) is 5.10 Å². The van der Waals surface area contributed by atoms with Crippen molar-refractivity contribution in [3.63, 3.8) is 0 Å². The molecule has 0 fully saturated rings. The van der Waals surface area contributed by atoms with E-state index in [1.54, 1.807) is 18.3 Å². The number of nitrogens with one attached hydrogen (secondary N) is 1. The Kier molecular flexibility index (Phi) is 7.49. The van der Waals surface area contributed by atoms with E-state index in [4.69, 9.17) is 18.9 Å². The Morgan fingerprint density at radius 2 is 1.67 bits per heavy atom. The molecule has 7 heteroatoms. The van der Waals surface area contributed by atoms with Gasteiger partial charge in [-0.2, -0.15) is 5.10 Å². The van der Waals surface area contributed by atoms with Gasteiger partial charge in [0.15, 0.2) is 11.5 Å². The van der Waals surface area contributed by atoms with E-state index in [1.165, 1.54) is 21.3 Å². The van der Waals surface area contributed by atoms with Gasteiger partial charge in [0.05, 0.1) is 34.2 Å². The van der Waals surface area contributed by atoms with Crippen LogP contribution in [0.2, 0.25) is 0 Å². The van der Waals surface area contributed by atoms with Gasteiger partial charge >= 0.3 is 0 Å². The van der Waals surface area contributed by atoms with E-state index in [2.05, 4.69) is 17.5 Å². The third kappa shape index (κ3) is 5.37. The zero-order valence-corrected chi connectivity index (χ0v) is 15.9. The Balaban J connectivity index is 2.05. The molecule has 1 amide bonds. The molecule has 144 valence electrons. The van der Waals surface area contributed by atoms with Crippen molar-refractivity contribution < 1.29 is 23.7 Å². The molecule has 2 rings (SSSR count). The van der Waals surface area contributed by atoms with Crippen molar-refractivity contribution in [1.82, 2.24) is 5.43 Å². The molecule has 0 aliphatic heterocycles. The van der Waals surface area contributed by atoms with Gasteiger partial charge < -0.3 is 18.9 Å². The number of ether oxygens (including phenoxy) is 4. The number of benzene rings is 2. The molecule has 0 unspecified atom stereocenters. The van der Waals surface area contributed by atoms with Crippen molar-refractivity contribution in [2.75, 3.05) is 27.9 Å². The van der Waals surface area contributed by atoms with Crippen LogP contribution in [0.15, 0.2) is 41.5 Å². The summed E-state index contributed by atoms with van der Waals surface area (Å²) in [7, 11) is 4.49. The van der Waals surface area contributed by atoms with Crippen LogP contribution in [0.4, 0.5) is 0 Å². The Morgan fingerprint density at radius 3 is 2.19 bits per heavy atom. The van der Waals surface area contributed by atoms with Crippen LogP contribution in [0.5, 0.6) is 23.0 Å². The number of carbonyl (C=O) groups is 1. The molecule has 0 saturated carbocycles. The van der Waals surface area contributed by atoms with Gasteiger partial charge in [-0.1, -0.05) is 6.92 Å². The molecular formula is C20H24N2O5. The first-order valence-corrected chi connectivity index (χ1v) is 8.49. The number of methoxy groups -OCH3 is 3. The molecule has 27 heavy (non-hydrogen) atoms. The summed E-state index contributed by atoms with van der Waals surface area (Å²) in [5, 5.41) is 3.99. The molecule has 0 radical (unpaired) electrons. The van der Waals surface area contributed by atoms with Gasteiger partial charge in [-0.05, 0) is 48.4 Å². The Hall–Kier alpha value is -3.22.